The van der Waals surface area contributed by atoms with Crippen molar-refractivity contribution in [3.05, 3.63) is 16.8 Å². The molecule has 1 heterocycles. The maximum absolute atomic E-state index is 10.5. The van der Waals surface area contributed by atoms with Crippen LogP contribution in [0, 0.1) is 0 Å². The average Bonchev–Trinajstić information content (AvgIpc) is 2.32. The topological polar surface area (TPSA) is 62.3 Å². The van der Waals surface area contributed by atoms with Crippen LogP contribution in [0.2, 0.25) is 5.02 Å². The molecule has 12 heavy (non-hydrogen) atoms. The summed E-state index contributed by atoms with van der Waals surface area (Å²) in [7, 11) is 0. The molecular formula is C7H8ClNO3. The van der Waals surface area contributed by atoms with E-state index in [-0.39, 0.29) is 10.7 Å². The van der Waals surface area contributed by atoms with Crippen molar-refractivity contribution in [1.82, 2.24) is 4.98 Å². The molecular weight excluding hydrogens is 182 g/mol. The van der Waals surface area contributed by atoms with Gasteiger partial charge in [-0.05, 0) is 6.92 Å². The number of nitrogens with one attached hydrogen (secondary N) is 1. The zero-order valence-corrected chi connectivity index (χ0v) is 7.18. The Morgan fingerprint density at radius 3 is 2.92 bits per heavy atom. The molecule has 0 radical (unpaired) electrons. The van der Waals surface area contributed by atoms with Crippen molar-refractivity contribution in [3.8, 4) is 5.88 Å². The van der Waals surface area contributed by atoms with Gasteiger partial charge in [-0.3, -0.25) is 0 Å². The molecule has 0 bridgehead atoms. The Balaban J connectivity index is 2.92. The van der Waals surface area contributed by atoms with Crippen LogP contribution < -0.4 is 4.74 Å². The van der Waals surface area contributed by atoms with E-state index >= 15 is 0 Å². The average molecular weight is 190 g/mol. The largest absolute Gasteiger partial charge is 0.479 e. The van der Waals surface area contributed by atoms with Crippen LogP contribution in [-0.2, 0) is 0 Å². The number of aromatic amines is 1. The van der Waals surface area contributed by atoms with Crippen LogP contribution in [0.3, 0.4) is 0 Å². The number of rotatable bonds is 3. The third kappa shape index (κ3) is 1.71. The molecule has 66 valence electrons. The normalized spacial score (nSPS) is 9.83. The van der Waals surface area contributed by atoms with Crippen molar-refractivity contribution in [2.24, 2.45) is 0 Å². The number of carboxylic acid groups (broad SMARTS) is 1. The van der Waals surface area contributed by atoms with Crippen molar-refractivity contribution >= 4 is 17.6 Å². The zero-order valence-electron chi connectivity index (χ0n) is 6.43. The number of carboxylic acids is 1. The number of ether oxygens (including phenoxy) is 1. The molecule has 0 saturated heterocycles. The van der Waals surface area contributed by atoms with Gasteiger partial charge in [-0.2, -0.15) is 0 Å². The molecule has 0 saturated carbocycles. The first-order chi connectivity index (χ1) is 5.65. The summed E-state index contributed by atoms with van der Waals surface area (Å²) < 4.78 is 5.01. The minimum absolute atomic E-state index is 0.0416. The van der Waals surface area contributed by atoms with Gasteiger partial charge in [-0.1, -0.05) is 11.6 Å². The van der Waals surface area contributed by atoms with Crippen molar-refractivity contribution in [3.63, 3.8) is 0 Å². The van der Waals surface area contributed by atoms with Gasteiger partial charge in [0, 0.05) is 6.07 Å². The van der Waals surface area contributed by atoms with Crippen LogP contribution in [0.5, 0.6) is 5.88 Å². The first-order valence-corrected chi connectivity index (χ1v) is 3.77. The number of halogens is 1. The Kier molecular flexibility index (Phi) is 2.60. The van der Waals surface area contributed by atoms with Crippen LogP contribution in [0.1, 0.15) is 17.4 Å². The standard InChI is InChI=1S/C7H8ClNO3/c1-2-12-5-3-4(8)6(9-5)7(10)11/h3,9H,2H2,1H3,(H,10,11). The summed E-state index contributed by atoms with van der Waals surface area (Å²) in [4.78, 5) is 13.0. The maximum Gasteiger partial charge on any atom is 0.353 e. The van der Waals surface area contributed by atoms with Gasteiger partial charge < -0.3 is 14.8 Å². The summed E-state index contributed by atoms with van der Waals surface area (Å²) in [6.07, 6.45) is 0. The van der Waals surface area contributed by atoms with E-state index in [1.165, 1.54) is 6.07 Å². The van der Waals surface area contributed by atoms with Crippen LogP contribution in [0.25, 0.3) is 0 Å². The molecule has 0 amide bonds. The quantitative estimate of drug-likeness (QED) is 0.762. The molecule has 0 aliphatic rings. The molecule has 1 aromatic heterocycles. The predicted molar refractivity (Wildman–Crippen MR) is 43.9 cm³/mol. The SMILES string of the molecule is CCOc1cc(Cl)c(C(=O)O)[nH]1. The number of hydrogen-bond acceptors (Lipinski definition) is 2. The second kappa shape index (κ2) is 3.49. The molecule has 5 heteroatoms. The predicted octanol–water partition coefficient (Wildman–Crippen LogP) is 1.77. The fourth-order valence-electron chi connectivity index (χ4n) is 0.795. The molecule has 0 aliphatic heterocycles. The van der Waals surface area contributed by atoms with E-state index in [1.54, 1.807) is 6.92 Å². The highest BCUT2D eigenvalue weighted by atomic mass is 35.5. The molecule has 0 fully saturated rings. The fraction of sp³-hybridized carbons (Fsp3) is 0.286. The number of aromatic carboxylic acids is 1. The van der Waals surface area contributed by atoms with Crippen molar-refractivity contribution in [1.29, 1.82) is 0 Å². The summed E-state index contributed by atoms with van der Waals surface area (Å²) in [5.41, 5.74) is -0.0416. The van der Waals surface area contributed by atoms with Gasteiger partial charge in [0.1, 0.15) is 5.69 Å². The van der Waals surface area contributed by atoms with Gasteiger partial charge in [0.15, 0.2) is 5.88 Å². The molecule has 2 N–H and O–H groups in total. The number of carbonyl (C=O) groups is 1. The van der Waals surface area contributed by atoms with Gasteiger partial charge in [0.2, 0.25) is 0 Å². The lowest BCUT2D eigenvalue weighted by molar-refractivity contribution is 0.0690. The highest BCUT2D eigenvalue weighted by molar-refractivity contribution is 6.33. The summed E-state index contributed by atoms with van der Waals surface area (Å²) in [5, 5.41) is 8.73. The molecule has 0 atom stereocenters. The van der Waals surface area contributed by atoms with Gasteiger partial charge in [-0.25, -0.2) is 4.79 Å². The Hall–Kier alpha value is -1.16. The lowest BCUT2D eigenvalue weighted by atomic mass is 10.4. The van der Waals surface area contributed by atoms with E-state index < -0.39 is 5.97 Å². The van der Waals surface area contributed by atoms with E-state index in [1.807, 2.05) is 0 Å². The third-order valence-corrected chi connectivity index (χ3v) is 1.56. The Bertz CT molecular complexity index is 295. The van der Waals surface area contributed by atoms with Gasteiger partial charge >= 0.3 is 5.97 Å². The highest BCUT2D eigenvalue weighted by Crippen LogP contribution is 2.21. The molecule has 1 rings (SSSR count). The first-order valence-electron chi connectivity index (χ1n) is 3.39. The molecule has 0 aromatic carbocycles. The third-order valence-electron chi connectivity index (χ3n) is 1.26. The molecule has 0 spiro atoms. The van der Waals surface area contributed by atoms with E-state index in [2.05, 4.69) is 4.98 Å². The fourth-order valence-corrected chi connectivity index (χ4v) is 1.02. The second-order valence-electron chi connectivity index (χ2n) is 2.09. The van der Waals surface area contributed by atoms with E-state index in [9.17, 15) is 4.79 Å². The van der Waals surface area contributed by atoms with E-state index in [0.717, 1.165) is 0 Å². The second-order valence-corrected chi connectivity index (χ2v) is 2.50. The Morgan fingerprint density at radius 2 is 2.50 bits per heavy atom. The van der Waals surface area contributed by atoms with E-state index in [0.29, 0.717) is 12.5 Å². The van der Waals surface area contributed by atoms with Gasteiger partial charge in [0.25, 0.3) is 0 Å². The lowest BCUT2D eigenvalue weighted by Crippen LogP contribution is -1.98. The minimum Gasteiger partial charge on any atom is -0.479 e. The number of hydrogen-bond donors (Lipinski definition) is 2. The Labute approximate surface area is 74.1 Å². The van der Waals surface area contributed by atoms with Gasteiger partial charge in [-0.15, -0.1) is 0 Å². The molecule has 0 unspecified atom stereocenters. The van der Waals surface area contributed by atoms with E-state index in [4.69, 9.17) is 21.4 Å². The summed E-state index contributed by atoms with van der Waals surface area (Å²) in [5.74, 6) is -0.717. The molecule has 0 aliphatic carbocycles. The number of aromatic nitrogens is 1. The van der Waals surface area contributed by atoms with Gasteiger partial charge in [0.05, 0.1) is 11.6 Å². The minimum atomic E-state index is -1.09. The zero-order chi connectivity index (χ0) is 9.14. The summed E-state index contributed by atoms with van der Waals surface area (Å²) in [6, 6.07) is 1.44. The summed E-state index contributed by atoms with van der Waals surface area (Å²) in [6.45, 7) is 2.27. The summed E-state index contributed by atoms with van der Waals surface area (Å²) >= 11 is 5.58. The number of H-pyrrole nitrogens is 1. The van der Waals surface area contributed by atoms with Crippen LogP contribution in [0.4, 0.5) is 0 Å². The van der Waals surface area contributed by atoms with Crippen molar-refractivity contribution < 1.29 is 14.6 Å². The highest BCUT2D eigenvalue weighted by Gasteiger charge is 2.12. The Morgan fingerprint density at radius 1 is 1.83 bits per heavy atom. The smallest absolute Gasteiger partial charge is 0.353 e. The lowest BCUT2D eigenvalue weighted by Gasteiger charge is -1.95. The van der Waals surface area contributed by atoms with Crippen molar-refractivity contribution in [2.75, 3.05) is 6.61 Å². The molecule has 1 aromatic rings. The van der Waals surface area contributed by atoms with Crippen LogP contribution >= 0.6 is 11.6 Å². The van der Waals surface area contributed by atoms with Crippen LogP contribution in [0.15, 0.2) is 6.07 Å². The monoisotopic (exact) mass is 189 g/mol. The van der Waals surface area contributed by atoms with Crippen molar-refractivity contribution in [2.45, 2.75) is 6.92 Å². The first kappa shape index (κ1) is 8.93. The molecule has 4 nitrogen and oxygen atoms in total. The van der Waals surface area contributed by atoms with Crippen LogP contribution in [-0.4, -0.2) is 22.7 Å². The maximum atomic E-state index is 10.5.